The molecule has 0 radical (unpaired) electrons. The van der Waals surface area contributed by atoms with Crippen LogP contribution in [-0.4, -0.2) is 16.4 Å². The molecule has 0 bridgehead atoms. The first-order chi connectivity index (χ1) is 8.24. The summed E-state index contributed by atoms with van der Waals surface area (Å²) in [6.07, 6.45) is 2.83. The van der Waals surface area contributed by atoms with E-state index in [0.29, 0.717) is 11.7 Å². The molecule has 17 heavy (non-hydrogen) atoms. The molecular formula is C12H15N3OS. The van der Waals surface area contributed by atoms with Crippen LogP contribution in [-0.2, 0) is 0 Å². The van der Waals surface area contributed by atoms with Gasteiger partial charge in [-0.15, -0.1) is 11.8 Å². The molecule has 4 nitrogen and oxygen atoms in total. The summed E-state index contributed by atoms with van der Waals surface area (Å²) >= 11 is 1.70. The smallest absolute Gasteiger partial charge is 0.243 e. The number of rotatable bonds is 4. The molecule has 1 unspecified atom stereocenters. The second-order valence-corrected chi connectivity index (χ2v) is 4.58. The summed E-state index contributed by atoms with van der Waals surface area (Å²) in [6, 6.07) is 7.86. The lowest BCUT2D eigenvalue weighted by Crippen LogP contribution is -2.08. The molecule has 0 saturated heterocycles. The van der Waals surface area contributed by atoms with E-state index < -0.39 is 0 Å². The van der Waals surface area contributed by atoms with Crippen molar-refractivity contribution < 1.29 is 4.52 Å². The van der Waals surface area contributed by atoms with E-state index in [4.69, 9.17) is 10.3 Å². The van der Waals surface area contributed by atoms with E-state index in [0.717, 1.165) is 12.0 Å². The van der Waals surface area contributed by atoms with Crippen molar-refractivity contribution in [1.29, 1.82) is 0 Å². The molecule has 2 aromatic rings. The van der Waals surface area contributed by atoms with E-state index in [9.17, 15) is 0 Å². The third kappa shape index (κ3) is 2.68. The molecule has 0 amide bonds. The van der Waals surface area contributed by atoms with Crippen molar-refractivity contribution in [1.82, 2.24) is 10.1 Å². The van der Waals surface area contributed by atoms with Crippen LogP contribution in [0.15, 0.2) is 33.7 Å². The zero-order valence-corrected chi connectivity index (χ0v) is 10.7. The molecule has 5 heteroatoms. The monoisotopic (exact) mass is 249 g/mol. The Bertz CT molecular complexity index is 481. The molecule has 0 aliphatic carbocycles. The first-order valence-electron chi connectivity index (χ1n) is 5.48. The Morgan fingerprint density at radius 2 is 2.06 bits per heavy atom. The maximum Gasteiger partial charge on any atom is 0.243 e. The van der Waals surface area contributed by atoms with Crippen LogP contribution in [0.4, 0.5) is 0 Å². The van der Waals surface area contributed by atoms with E-state index in [2.05, 4.69) is 10.1 Å². The van der Waals surface area contributed by atoms with Gasteiger partial charge in [-0.05, 0) is 36.9 Å². The predicted octanol–water partition coefficient (Wildman–Crippen LogP) is 2.87. The Balaban J connectivity index is 2.24. The van der Waals surface area contributed by atoms with Gasteiger partial charge in [0, 0.05) is 10.5 Å². The number of nitrogens with two attached hydrogens (primary N) is 1. The van der Waals surface area contributed by atoms with Crippen LogP contribution in [0.3, 0.4) is 0 Å². The van der Waals surface area contributed by atoms with Crippen LogP contribution in [0.25, 0.3) is 11.4 Å². The molecule has 2 N–H and O–H groups in total. The molecule has 2 rings (SSSR count). The molecule has 0 spiro atoms. The molecule has 0 fully saturated rings. The largest absolute Gasteiger partial charge is 0.337 e. The van der Waals surface area contributed by atoms with Crippen LogP contribution >= 0.6 is 11.8 Å². The molecule has 0 aliphatic rings. The van der Waals surface area contributed by atoms with E-state index in [1.165, 1.54) is 4.90 Å². The van der Waals surface area contributed by atoms with Gasteiger partial charge in [0.2, 0.25) is 11.7 Å². The molecule has 1 heterocycles. The molecule has 1 aromatic heterocycles. The van der Waals surface area contributed by atoms with Gasteiger partial charge in [-0.25, -0.2) is 0 Å². The maximum absolute atomic E-state index is 5.83. The predicted molar refractivity (Wildman–Crippen MR) is 68.7 cm³/mol. The van der Waals surface area contributed by atoms with Gasteiger partial charge in [0.15, 0.2) is 0 Å². The lowest BCUT2D eigenvalue weighted by atomic mass is 10.2. The second-order valence-electron chi connectivity index (χ2n) is 3.70. The average molecular weight is 249 g/mol. The van der Waals surface area contributed by atoms with Crippen molar-refractivity contribution >= 4 is 11.8 Å². The molecular weight excluding hydrogens is 234 g/mol. The minimum Gasteiger partial charge on any atom is -0.337 e. The molecule has 1 aromatic carbocycles. The number of hydrogen-bond donors (Lipinski definition) is 1. The van der Waals surface area contributed by atoms with Gasteiger partial charge in [0.05, 0.1) is 6.04 Å². The Hall–Kier alpha value is -1.33. The Kier molecular flexibility index (Phi) is 3.81. The minimum atomic E-state index is -0.179. The number of nitrogens with zero attached hydrogens (tertiary/aromatic N) is 2. The fourth-order valence-electron chi connectivity index (χ4n) is 1.42. The van der Waals surface area contributed by atoms with Crippen LogP contribution in [0.5, 0.6) is 0 Å². The Morgan fingerprint density at radius 3 is 2.65 bits per heavy atom. The minimum absolute atomic E-state index is 0.179. The summed E-state index contributed by atoms with van der Waals surface area (Å²) in [5, 5.41) is 3.94. The number of benzene rings is 1. The first kappa shape index (κ1) is 12.1. The number of hydrogen-bond acceptors (Lipinski definition) is 5. The van der Waals surface area contributed by atoms with Gasteiger partial charge < -0.3 is 10.3 Å². The highest BCUT2D eigenvalue weighted by atomic mass is 32.2. The molecule has 90 valence electrons. The summed E-state index contributed by atoms with van der Waals surface area (Å²) < 4.78 is 5.14. The maximum atomic E-state index is 5.83. The quantitative estimate of drug-likeness (QED) is 0.844. The van der Waals surface area contributed by atoms with Gasteiger partial charge in [0.25, 0.3) is 0 Å². The van der Waals surface area contributed by atoms with Crippen LogP contribution in [0.1, 0.15) is 25.3 Å². The summed E-state index contributed by atoms with van der Waals surface area (Å²) in [7, 11) is 0. The van der Waals surface area contributed by atoms with Crippen molar-refractivity contribution in [2.75, 3.05) is 6.26 Å². The lowest BCUT2D eigenvalue weighted by Gasteiger charge is -1.99. The molecule has 1 atom stereocenters. The van der Waals surface area contributed by atoms with Crippen molar-refractivity contribution in [2.45, 2.75) is 24.3 Å². The highest BCUT2D eigenvalue weighted by Gasteiger charge is 2.13. The zero-order valence-electron chi connectivity index (χ0n) is 9.88. The Labute approximate surface area is 105 Å². The normalized spacial score (nSPS) is 12.6. The fourth-order valence-corrected chi connectivity index (χ4v) is 1.83. The summed E-state index contributed by atoms with van der Waals surface area (Å²) in [5.41, 5.74) is 6.78. The van der Waals surface area contributed by atoms with Crippen LogP contribution < -0.4 is 5.73 Å². The summed E-state index contributed by atoms with van der Waals surface area (Å²) in [5.74, 6) is 1.09. The summed E-state index contributed by atoms with van der Waals surface area (Å²) in [6.45, 7) is 1.99. The first-order valence-corrected chi connectivity index (χ1v) is 6.70. The summed E-state index contributed by atoms with van der Waals surface area (Å²) in [4.78, 5) is 5.51. The average Bonchev–Trinajstić information content (AvgIpc) is 2.87. The number of thioether (sulfide) groups is 1. The van der Waals surface area contributed by atoms with Crippen LogP contribution in [0, 0.1) is 0 Å². The highest BCUT2D eigenvalue weighted by molar-refractivity contribution is 7.98. The van der Waals surface area contributed by atoms with E-state index >= 15 is 0 Å². The topological polar surface area (TPSA) is 64.9 Å². The zero-order chi connectivity index (χ0) is 12.3. The van der Waals surface area contributed by atoms with Gasteiger partial charge in [-0.1, -0.05) is 12.1 Å². The molecule has 0 aliphatic heterocycles. The standard InChI is InChI=1S/C12H15N3OS/c1-3-10(13)12-14-11(15-16-12)8-4-6-9(17-2)7-5-8/h4-7,10H,3,13H2,1-2H3. The van der Waals surface area contributed by atoms with Gasteiger partial charge in [0.1, 0.15) is 0 Å². The van der Waals surface area contributed by atoms with E-state index in [1.54, 1.807) is 11.8 Å². The fraction of sp³-hybridized carbons (Fsp3) is 0.333. The van der Waals surface area contributed by atoms with E-state index in [1.807, 2.05) is 37.4 Å². The highest BCUT2D eigenvalue weighted by Crippen LogP contribution is 2.22. The van der Waals surface area contributed by atoms with E-state index in [-0.39, 0.29) is 6.04 Å². The Morgan fingerprint density at radius 1 is 1.35 bits per heavy atom. The second kappa shape index (κ2) is 5.33. The van der Waals surface area contributed by atoms with Gasteiger partial charge in [-0.3, -0.25) is 0 Å². The third-order valence-electron chi connectivity index (χ3n) is 2.55. The third-order valence-corrected chi connectivity index (χ3v) is 3.29. The van der Waals surface area contributed by atoms with Crippen molar-refractivity contribution in [2.24, 2.45) is 5.73 Å². The van der Waals surface area contributed by atoms with Gasteiger partial charge in [-0.2, -0.15) is 4.98 Å². The lowest BCUT2D eigenvalue weighted by molar-refractivity contribution is 0.352. The van der Waals surface area contributed by atoms with Crippen molar-refractivity contribution in [3.63, 3.8) is 0 Å². The van der Waals surface area contributed by atoms with Crippen molar-refractivity contribution in [3.8, 4) is 11.4 Å². The van der Waals surface area contributed by atoms with Crippen LogP contribution in [0.2, 0.25) is 0 Å². The van der Waals surface area contributed by atoms with Crippen molar-refractivity contribution in [3.05, 3.63) is 30.2 Å². The molecule has 0 saturated carbocycles. The number of aromatic nitrogens is 2. The van der Waals surface area contributed by atoms with Gasteiger partial charge >= 0.3 is 0 Å². The SMILES string of the molecule is CCC(N)c1nc(-c2ccc(SC)cc2)no1.